The maximum Gasteiger partial charge on any atom is 0.410 e. The summed E-state index contributed by atoms with van der Waals surface area (Å²) < 4.78 is 7.21. The van der Waals surface area contributed by atoms with E-state index < -0.39 is 17.7 Å². The molecule has 1 fully saturated rings. The van der Waals surface area contributed by atoms with Crippen LogP contribution >= 0.6 is 11.6 Å². The first-order chi connectivity index (χ1) is 12.2. The van der Waals surface area contributed by atoms with Gasteiger partial charge in [0, 0.05) is 18.9 Å². The van der Waals surface area contributed by atoms with E-state index in [2.05, 4.69) is 10.3 Å². The molecule has 0 spiro atoms. The van der Waals surface area contributed by atoms with Crippen molar-refractivity contribution in [3.8, 4) is 0 Å². The molecule has 1 aliphatic heterocycles. The number of pyridine rings is 1. The molecule has 3 rings (SSSR count). The van der Waals surface area contributed by atoms with Crippen LogP contribution in [0.2, 0.25) is 5.02 Å². The second-order valence-corrected chi connectivity index (χ2v) is 7.83. The van der Waals surface area contributed by atoms with Gasteiger partial charge in [-0.05, 0) is 45.7 Å². The second-order valence-electron chi connectivity index (χ2n) is 7.39. The molecule has 7 nitrogen and oxygen atoms in total. The Morgan fingerprint density at radius 1 is 1.35 bits per heavy atom. The van der Waals surface area contributed by atoms with Crippen LogP contribution in [0.5, 0.6) is 0 Å². The van der Waals surface area contributed by atoms with E-state index in [9.17, 15) is 9.59 Å². The number of aromatic nitrogens is 2. The molecule has 140 valence electrons. The summed E-state index contributed by atoms with van der Waals surface area (Å²) >= 11 is 5.97. The fourth-order valence-electron chi connectivity index (χ4n) is 2.98. The van der Waals surface area contributed by atoms with Crippen molar-refractivity contribution in [1.82, 2.24) is 19.6 Å². The van der Waals surface area contributed by atoms with Crippen LogP contribution in [0.15, 0.2) is 24.5 Å². The van der Waals surface area contributed by atoms with Crippen LogP contribution in [0.1, 0.15) is 39.3 Å². The minimum absolute atomic E-state index is 0.191. The number of rotatable bonds is 3. The zero-order valence-electron chi connectivity index (χ0n) is 15.2. The largest absolute Gasteiger partial charge is 0.444 e. The Labute approximate surface area is 157 Å². The Morgan fingerprint density at radius 2 is 2.12 bits per heavy atom. The molecule has 0 saturated carbocycles. The fourth-order valence-corrected chi connectivity index (χ4v) is 3.14. The molecule has 1 unspecified atom stereocenters. The van der Waals surface area contributed by atoms with E-state index in [1.165, 1.54) is 4.90 Å². The van der Waals surface area contributed by atoms with E-state index >= 15 is 0 Å². The third-order valence-electron chi connectivity index (χ3n) is 4.09. The Morgan fingerprint density at radius 3 is 2.85 bits per heavy atom. The number of fused-ring (bicyclic) bond motifs is 1. The van der Waals surface area contributed by atoms with Crippen molar-refractivity contribution < 1.29 is 14.3 Å². The van der Waals surface area contributed by atoms with E-state index in [1.54, 1.807) is 12.3 Å². The summed E-state index contributed by atoms with van der Waals surface area (Å²) in [5, 5.41) is 3.48. The first-order valence-electron chi connectivity index (χ1n) is 8.63. The van der Waals surface area contributed by atoms with Crippen LogP contribution in [0.3, 0.4) is 0 Å². The minimum Gasteiger partial charge on any atom is -0.444 e. The summed E-state index contributed by atoms with van der Waals surface area (Å²) in [5.74, 6) is -0.191. The Balaban J connectivity index is 1.62. The fraction of sp³-hybridized carbons (Fsp3) is 0.500. The lowest BCUT2D eigenvalue weighted by molar-refractivity contribution is -0.125. The Kier molecular flexibility index (Phi) is 5.09. The van der Waals surface area contributed by atoms with Crippen LogP contribution in [0, 0.1) is 0 Å². The number of nitrogens with one attached hydrogen (secondary N) is 1. The summed E-state index contributed by atoms with van der Waals surface area (Å²) in [7, 11) is 0. The van der Waals surface area contributed by atoms with Crippen LogP contribution in [-0.2, 0) is 16.1 Å². The van der Waals surface area contributed by atoms with Crippen molar-refractivity contribution >= 4 is 29.2 Å². The van der Waals surface area contributed by atoms with Crippen LogP contribution in [0.4, 0.5) is 4.79 Å². The smallest absolute Gasteiger partial charge is 0.410 e. The molecule has 2 amide bonds. The number of amides is 2. The lowest BCUT2D eigenvalue weighted by atomic mass is 10.2. The SMILES string of the molecule is CC(C)(C)OC(=O)N1CCCC1C(=O)NCc1cn2cc(Cl)ccc2n1. The predicted molar refractivity (Wildman–Crippen MR) is 98.0 cm³/mol. The number of hydrogen-bond donors (Lipinski definition) is 1. The van der Waals surface area contributed by atoms with Gasteiger partial charge >= 0.3 is 6.09 Å². The van der Waals surface area contributed by atoms with E-state index in [1.807, 2.05) is 37.4 Å². The molecule has 26 heavy (non-hydrogen) atoms. The lowest BCUT2D eigenvalue weighted by Gasteiger charge is -2.27. The van der Waals surface area contributed by atoms with Gasteiger partial charge in [-0.15, -0.1) is 0 Å². The molecule has 3 heterocycles. The number of hydrogen-bond acceptors (Lipinski definition) is 4. The summed E-state index contributed by atoms with van der Waals surface area (Å²) in [6, 6.07) is 3.08. The monoisotopic (exact) mass is 378 g/mol. The number of likely N-dealkylation sites (tertiary alicyclic amines) is 1. The van der Waals surface area contributed by atoms with Gasteiger partial charge in [0.05, 0.1) is 17.3 Å². The molecule has 1 aliphatic rings. The normalized spacial score (nSPS) is 17.5. The van der Waals surface area contributed by atoms with E-state index in [4.69, 9.17) is 16.3 Å². The number of imidazole rings is 1. The number of carbonyl (C=O) groups is 2. The average Bonchev–Trinajstić information content (AvgIpc) is 3.17. The quantitative estimate of drug-likeness (QED) is 0.890. The van der Waals surface area contributed by atoms with Gasteiger partial charge in [-0.25, -0.2) is 9.78 Å². The molecule has 1 N–H and O–H groups in total. The van der Waals surface area contributed by atoms with Gasteiger partial charge in [-0.3, -0.25) is 9.69 Å². The highest BCUT2D eigenvalue weighted by Crippen LogP contribution is 2.21. The second kappa shape index (κ2) is 7.15. The van der Waals surface area contributed by atoms with Gasteiger partial charge in [0.15, 0.2) is 0 Å². The molecular weight excluding hydrogens is 356 g/mol. The zero-order chi connectivity index (χ0) is 18.9. The molecule has 0 aromatic carbocycles. The van der Waals surface area contributed by atoms with Gasteiger partial charge in [0.25, 0.3) is 0 Å². The first-order valence-corrected chi connectivity index (χ1v) is 9.01. The van der Waals surface area contributed by atoms with Crippen LogP contribution in [-0.4, -0.2) is 44.5 Å². The Hall–Kier alpha value is -2.28. The number of ether oxygens (including phenoxy) is 1. The maximum absolute atomic E-state index is 12.6. The van der Waals surface area contributed by atoms with Crippen molar-refractivity contribution in [2.45, 2.75) is 51.8 Å². The van der Waals surface area contributed by atoms with Crippen LogP contribution < -0.4 is 5.32 Å². The standard InChI is InChI=1S/C18H23ClN4O3/c1-18(2,3)26-17(25)23-8-4-5-14(23)16(24)20-9-13-11-22-10-12(19)6-7-15(22)21-13/h6-7,10-11,14H,4-5,8-9H2,1-3H3,(H,20,24). The third kappa shape index (κ3) is 4.27. The minimum atomic E-state index is -0.585. The summed E-state index contributed by atoms with van der Waals surface area (Å²) in [6.07, 6.45) is 4.55. The van der Waals surface area contributed by atoms with E-state index in [0.717, 1.165) is 17.8 Å². The predicted octanol–water partition coefficient (Wildman–Crippen LogP) is 3.00. The molecular formula is C18H23ClN4O3. The molecule has 1 saturated heterocycles. The summed E-state index contributed by atoms with van der Waals surface area (Å²) in [6.45, 7) is 6.25. The lowest BCUT2D eigenvalue weighted by Crippen LogP contribution is -2.47. The van der Waals surface area contributed by atoms with Crippen molar-refractivity contribution in [3.05, 3.63) is 35.2 Å². The van der Waals surface area contributed by atoms with Gasteiger partial charge in [0.1, 0.15) is 17.3 Å². The van der Waals surface area contributed by atoms with Crippen molar-refractivity contribution in [1.29, 1.82) is 0 Å². The highest BCUT2D eigenvalue weighted by molar-refractivity contribution is 6.30. The highest BCUT2D eigenvalue weighted by Gasteiger charge is 2.36. The summed E-state index contributed by atoms with van der Waals surface area (Å²) in [4.78, 5) is 30.8. The van der Waals surface area contributed by atoms with E-state index in [-0.39, 0.29) is 12.5 Å². The molecule has 0 aliphatic carbocycles. The first kappa shape index (κ1) is 18.5. The van der Waals surface area contributed by atoms with Gasteiger partial charge in [-0.2, -0.15) is 0 Å². The van der Waals surface area contributed by atoms with Crippen molar-refractivity contribution in [2.24, 2.45) is 0 Å². The molecule has 2 aromatic heterocycles. The molecule has 8 heteroatoms. The van der Waals surface area contributed by atoms with Crippen molar-refractivity contribution in [3.63, 3.8) is 0 Å². The number of nitrogens with zero attached hydrogens (tertiary/aromatic N) is 3. The molecule has 0 radical (unpaired) electrons. The molecule has 0 bridgehead atoms. The van der Waals surface area contributed by atoms with Crippen molar-refractivity contribution in [2.75, 3.05) is 6.54 Å². The Bertz CT molecular complexity index is 827. The van der Waals surface area contributed by atoms with Gasteiger partial charge in [-0.1, -0.05) is 11.6 Å². The third-order valence-corrected chi connectivity index (χ3v) is 4.32. The topological polar surface area (TPSA) is 75.9 Å². The average molecular weight is 379 g/mol. The van der Waals surface area contributed by atoms with Crippen LogP contribution in [0.25, 0.3) is 5.65 Å². The van der Waals surface area contributed by atoms with E-state index in [0.29, 0.717) is 18.0 Å². The zero-order valence-corrected chi connectivity index (χ0v) is 15.9. The molecule has 2 aromatic rings. The summed E-state index contributed by atoms with van der Waals surface area (Å²) in [5.41, 5.74) is 0.899. The van der Waals surface area contributed by atoms with Gasteiger partial charge in [0.2, 0.25) is 5.91 Å². The highest BCUT2D eigenvalue weighted by atomic mass is 35.5. The maximum atomic E-state index is 12.6. The molecule has 1 atom stereocenters. The number of halogens is 1. The number of carbonyl (C=O) groups excluding carboxylic acids is 2. The van der Waals surface area contributed by atoms with Gasteiger partial charge < -0.3 is 14.5 Å².